The van der Waals surface area contributed by atoms with Gasteiger partial charge in [0.15, 0.2) is 0 Å². The van der Waals surface area contributed by atoms with Crippen molar-refractivity contribution in [3.8, 4) is 0 Å². The van der Waals surface area contributed by atoms with Crippen LogP contribution in [0.5, 0.6) is 0 Å². The van der Waals surface area contributed by atoms with Crippen LogP contribution in [0.1, 0.15) is 20.3 Å². The van der Waals surface area contributed by atoms with Crippen LogP contribution in [0.15, 0.2) is 30.3 Å². The summed E-state index contributed by atoms with van der Waals surface area (Å²) in [6.45, 7) is 5.14. The zero-order chi connectivity index (χ0) is 16.6. The summed E-state index contributed by atoms with van der Waals surface area (Å²) in [6, 6.07) is 7.78. The molecule has 22 heavy (non-hydrogen) atoms. The molecule has 0 spiro atoms. The lowest BCUT2D eigenvalue weighted by Gasteiger charge is -2.28. The van der Waals surface area contributed by atoms with Crippen molar-refractivity contribution in [2.75, 3.05) is 30.3 Å². The summed E-state index contributed by atoms with van der Waals surface area (Å²) in [6.07, 6.45) is 1.79. The Balaban J connectivity index is 2.73. The summed E-state index contributed by atoms with van der Waals surface area (Å²) in [5.74, 6) is -0.328. The Hall–Kier alpha value is -1.60. The fourth-order valence-corrected chi connectivity index (χ4v) is 3.24. The minimum Gasteiger partial charge on any atom is -0.382 e. The van der Waals surface area contributed by atoms with Gasteiger partial charge in [-0.15, -0.1) is 0 Å². The second-order valence-corrected chi connectivity index (χ2v) is 6.77. The van der Waals surface area contributed by atoms with Crippen LogP contribution in [0.25, 0.3) is 0 Å². The van der Waals surface area contributed by atoms with Gasteiger partial charge < -0.3 is 10.1 Å². The summed E-state index contributed by atoms with van der Waals surface area (Å²) >= 11 is 0. The minimum absolute atomic E-state index is 0.328. The van der Waals surface area contributed by atoms with Crippen molar-refractivity contribution >= 4 is 21.6 Å². The van der Waals surface area contributed by atoms with Crippen molar-refractivity contribution in [3.05, 3.63) is 30.3 Å². The van der Waals surface area contributed by atoms with Crippen molar-refractivity contribution < 1.29 is 17.9 Å². The van der Waals surface area contributed by atoms with Crippen LogP contribution in [-0.2, 0) is 19.6 Å². The first-order valence-electron chi connectivity index (χ1n) is 7.27. The maximum Gasteiger partial charge on any atom is 0.243 e. The van der Waals surface area contributed by atoms with Gasteiger partial charge in [-0.05, 0) is 32.4 Å². The third-order valence-corrected chi connectivity index (χ3v) is 4.31. The van der Waals surface area contributed by atoms with Gasteiger partial charge in [-0.1, -0.05) is 18.2 Å². The number of benzene rings is 1. The van der Waals surface area contributed by atoms with Gasteiger partial charge in [0.2, 0.25) is 15.9 Å². The van der Waals surface area contributed by atoms with E-state index in [1.54, 1.807) is 37.3 Å². The van der Waals surface area contributed by atoms with Crippen LogP contribution < -0.4 is 9.62 Å². The van der Waals surface area contributed by atoms with Gasteiger partial charge in [0.25, 0.3) is 0 Å². The van der Waals surface area contributed by atoms with Gasteiger partial charge in [0.05, 0.1) is 11.9 Å². The zero-order valence-electron chi connectivity index (χ0n) is 13.3. The number of para-hydroxylation sites is 1. The van der Waals surface area contributed by atoms with Gasteiger partial charge in [-0.3, -0.25) is 9.10 Å². The SMILES string of the molecule is CCOCCCNC(=O)[C@H](C)N(c1ccccc1)S(C)(=O)=O. The number of nitrogens with one attached hydrogen (secondary N) is 1. The summed E-state index contributed by atoms with van der Waals surface area (Å²) in [4.78, 5) is 12.2. The molecule has 0 saturated heterocycles. The van der Waals surface area contributed by atoms with E-state index in [4.69, 9.17) is 4.74 Å². The van der Waals surface area contributed by atoms with Crippen LogP contribution in [-0.4, -0.2) is 46.4 Å². The molecule has 124 valence electrons. The number of sulfonamides is 1. The van der Waals surface area contributed by atoms with Gasteiger partial charge in [-0.25, -0.2) is 8.42 Å². The van der Waals surface area contributed by atoms with Crippen LogP contribution >= 0.6 is 0 Å². The average Bonchev–Trinajstić information content (AvgIpc) is 2.46. The summed E-state index contributed by atoms with van der Waals surface area (Å²) in [7, 11) is -3.55. The number of anilines is 1. The summed E-state index contributed by atoms with van der Waals surface area (Å²) in [5.41, 5.74) is 0.474. The molecule has 1 atom stereocenters. The summed E-state index contributed by atoms with van der Waals surface area (Å²) in [5, 5.41) is 2.74. The van der Waals surface area contributed by atoms with Crippen LogP contribution in [0.2, 0.25) is 0 Å². The molecule has 1 amide bonds. The highest BCUT2D eigenvalue weighted by Gasteiger charge is 2.28. The van der Waals surface area contributed by atoms with Crippen molar-refractivity contribution in [2.45, 2.75) is 26.3 Å². The Labute approximate surface area is 132 Å². The van der Waals surface area contributed by atoms with E-state index < -0.39 is 16.1 Å². The lowest BCUT2D eigenvalue weighted by Crippen LogP contribution is -2.48. The number of ether oxygens (including phenoxy) is 1. The van der Waals surface area contributed by atoms with Gasteiger partial charge in [0, 0.05) is 19.8 Å². The highest BCUT2D eigenvalue weighted by Crippen LogP contribution is 2.20. The van der Waals surface area contributed by atoms with E-state index in [0.717, 1.165) is 10.6 Å². The molecule has 0 saturated carbocycles. The third-order valence-electron chi connectivity index (χ3n) is 3.07. The lowest BCUT2D eigenvalue weighted by atomic mass is 10.2. The van der Waals surface area contributed by atoms with Gasteiger partial charge in [-0.2, -0.15) is 0 Å². The number of rotatable bonds is 9. The normalized spacial score (nSPS) is 12.7. The molecular weight excluding hydrogens is 304 g/mol. The minimum atomic E-state index is -3.55. The van der Waals surface area contributed by atoms with Gasteiger partial charge in [0.1, 0.15) is 6.04 Å². The molecule has 7 heteroatoms. The Morgan fingerprint density at radius 2 is 1.95 bits per heavy atom. The molecule has 1 aromatic rings. The first kappa shape index (κ1) is 18.4. The third kappa shape index (κ3) is 5.65. The number of carbonyl (C=O) groups is 1. The number of nitrogens with zero attached hydrogens (tertiary/aromatic N) is 1. The van der Waals surface area contributed by atoms with Crippen molar-refractivity contribution in [1.82, 2.24) is 5.32 Å². The van der Waals surface area contributed by atoms with Crippen molar-refractivity contribution in [2.24, 2.45) is 0 Å². The second kappa shape index (κ2) is 8.75. The second-order valence-electron chi connectivity index (χ2n) is 4.91. The number of amides is 1. The van der Waals surface area contributed by atoms with Crippen LogP contribution in [0, 0.1) is 0 Å². The van der Waals surface area contributed by atoms with E-state index in [0.29, 0.717) is 31.9 Å². The Kier molecular flexibility index (Phi) is 7.34. The van der Waals surface area contributed by atoms with E-state index in [1.165, 1.54) is 0 Å². The predicted octanol–water partition coefficient (Wildman–Crippen LogP) is 1.38. The lowest BCUT2D eigenvalue weighted by molar-refractivity contribution is -0.121. The van der Waals surface area contributed by atoms with Gasteiger partial charge >= 0.3 is 0 Å². The molecule has 1 aromatic carbocycles. The van der Waals surface area contributed by atoms with E-state index in [9.17, 15) is 13.2 Å². The number of hydrogen-bond donors (Lipinski definition) is 1. The Morgan fingerprint density at radius 1 is 1.32 bits per heavy atom. The molecule has 1 rings (SSSR count). The largest absolute Gasteiger partial charge is 0.382 e. The van der Waals surface area contributed by atoms with Crippen molar-refractivity contribution in [1.29, 1.82) is 0 Å². The molecule has 0 fully saturated rings. The average molecular weight is 328 g/mol. The highest BCUT2D eigenvalue weighted by atomic mass is 32.2. The molecule has 6 nitrogen and oxygen atoms in total. The Bertz CT molecular complexity index is 560. The number of carbonyl (C=O) groups excluding carboxylic acids is 1. The molecule has 1 N–H and O–H groups in total. The van der Waals surface area contributed by atoms with E-state index in [2.05, 4.69) is 5.32 Å². The van der Waals surface area contributed by atoms with E-state index >= 15 is 0 Å². The zero-order valence-corrected chi connectivity index (χ0v) is 14.1. The number of hydrogen-bond acceptors (Lipinski definition) is 4. The monoisotopic (exact) mass is 328 g/mol. The molecule has 0 aliphatic carbocycles. The van der Waals surface area contributed by atoms with E-state index in [1.807, 2.05) is 6.92 Å². The molecule has 0 radical (unpaired) electrons. The Morgan fingerprint density at radius 3 is 2.50 bits per heavy atom. The maximum atomic E-state index is 12.2. The van der Waals surface area contributed by atoms with Crippen LogP contribution in [0.4, 0.5) is 5.69 Å². The molecule has 0 aromatic heterocycles. The molecular formula is C15H24N2O4S. The molecule has 0 bridgehead atoms. The summed E-state index contributed by atoms with van der Waals surface area (Å²) < 4.78 is 30.4. The quantitative estimate of drug-likeness (QED) is 0.695. The maximum absolute atomic E-state index is 12.2. The highest BCUT2D eigenvalue weighted by molar-refractivity contribution is 7.92. The standard InChI is InChI=1S/C15H24N2O4S/c1-4-21-12-8-11-16-15(18)13(2)17(22(3,19)20)14-9-6-5-7-10-14/h5-7,9-10,13H,4,8,11-12H2,1-3H3,(H,16,18)/t13-/m0/s1. The van der Waals surface area contributed by atoms with Crippen molar-refractivity contribution in [3.63, 3.8) is 0 Å². The predicted molar refractivity (Wildman–Crippen MR) is 87.3 cm³/mol. The molecule has 0 unspecified atom stereocenters. The topological polar surface area (TPSA) is 75.7 Å². The van der Waals surface area contributed by atoms with Crippen LogP contribution in [0.3, 0.4) is 0 Å². The fourth-order valence-electron chi connectivity index (χ4n) is 2.06. The first-order valence-corrected chi connectivity index (χ1v) is 9.12. The molecule has 0 aliphatic rings. The first-order chi connectivity index (χ1) is 10.4. The molecule has 0 aliphatic heterocycles. The fraction of sp³-hybridized carbons (Fsp3) is 0.533. The molecule has 0 heterocycles. The van der Waals surface area contributed by atoms with E-state index in [-0.39, 0.29) is 5.91 Å². The smallest absolute Gasteiger partial charge is 0.243 e.